The normalized spacial score (nSPS) is 17.4. The standard InChI is InChI=1S/C13H20N4O/c1-2-17-8-5-11(6-9-17)15-13(18)16-12-4-3-7-14-10-12/h3-4,7,10-11H,2,5-6,8-9H2,1H3,(H2,15,16,18). The van der Waals surface area contributed by atoms with Crippen molar-refractivity contribution in [1.82, 2.24) is 15.2 Å². The van der Waals surface area contributed by atoms with E-state index in [0.29, 0.717) is 0 Å². The van der Waals surface area contributed by atoms with E-state index < -0.39 is 0 Å². The zero-order valence-electron chi connectivity index (χ0n) is 10.7. The highest BCUT2D eigenvalue weighted by molar-refractivity contribution is 5.89. The van der Waals surface area contributed by atoms with Crippen LogP contribution in [0, 0.1) is 0 Å². The smallest absolute Gasteiger partial charge is 0.319 e. The van der Waals surface area contributed by atoms with E-state index in [0.717, 1.165) is 38.2 Å². The van der Waals surface area contributed by atoms with Gasteiger partial charge in [-0.2, -0.15) is 0 Å². The van der Waals surface area contributed by atoms with Gasteiger partial charge in [0, 0.05) is 25.3 Å². The predicted molar refractivity (Wildman–Crippen MR) is 71.5 cm³/mol. The van der Waals surface area contributed by atoms with E-state index in [-0.39, 0.29) is 12.1 Å². The number of aromatic nitrogens is 1. The quantitative estimate of drug-likeness (QED) is 0.855. The molecule has 2 N–H and O–H groups in total. The number of hydrogen-bond acceptors (Lipinski definition) is 3. The molecule has 0 spiro atoms. The summed E-state index contributed by atoms with van der Waals surface area (Å²) >= 11 is 0. The summed E-state index contributed by atoms with van der Waals surface area (Å²) in [4.78, 5) is 18.1. The maximum Gasteiger partial charge on any atom is 0.319 e. The van der Waals surface area contributed by atoms with Crippen molar-refractivity contribution < 1.29 is 4.79 Å². The molecule has 2 rings (SSSR count). The van der Waals surface area contributed by atoms with E-state index in [1.807, 2.05) is 6.07 Å². The number of carbonyl (C=O) groups is 1. The molecule has 5 heteroatoms. The van der Waals surface area contributed by atoms with Crippen molar-refractivity contribution >= 4 is 11.7 Å². The Hall–Kier alpha value is -1.62. The van der Waals surface area contributed by atoms with Crippen LogP contribution >= 0.6 is 0 Å². The van der Waals surface area contributed by atoms with E-state index in [1.165, 1.54) is 0 Å². The largest absolute Gasteiger partial charge is 0.335 e. The molecule has 2 heterocycles. The van der Waals surface area contributed by atoms with Crippen LogP contribution in [0.2, 0.25) is 0 Å². The number of rotatable bonds is 3. The van der Waals surface area contributed by atoms with Crippen LogP contribution in [-0.2, 0) is 0 Å². The van der Waals surface area contributed by atoms with Gasteiger partial charge in [-0.25, -0.2) is 4.79 Å². The summed E-state index contributed by atoms with van der Waals surface area (Å²) in [6, 6.07) is 3.77. The average molecular weight is 248 g/mol. The van der Waals surface area contributed by atoms with Crippen molar-refractivity contribution in [2.45, 2.75) is 25.8 Å². The van der Waals surface area contributed by atoms with Crippen LogP contribution in [0.15, 0.2) is 24.5 Å². The highest BCUT2D eigenvalue weighted by atomic mass is 16.2. The minimum absolute atomic E-state index is 0.141. The van der Waals surface area contributed by atoms with Crippen molar-refractivity contribution in [3.63, 3.8) is 0 Å². The topological polar surface area (TPSA) is 57.3 Å². The monoisotopic (exact) mass is 248 g/mol. The van der Waals surface area contributed by atoms with E-state index >= 15 is 0 Å². The zero-order chi connectivity index (χ0) is 12.8. The third-order valence-corrected chi connectivity index (χ3v) is 3.29. The van der Waals surface area contributed by atoms with E-state index in [1.54, 1.807) is 18.5 Å². The molecule has 1 aromatic rings. The summed E-state index contributed by atoms with van der Waals surface area (Å²) in [5.74, 6) is 0. The Morgan fingerprint density at radius 1 is 1.50 bits per heavy atom. The molecule has 0 atom stereocenters. The molecule has 0 unspecified atom stereocenters. The molecule has 0 bridgehead atoms. The minimum Gasteiger partial charge on any atom is -0.335 e. The molecule has 1 fully saturated rings. The van der Waals surface area contributed by atoms with Crippen LogP contribution in [-0.4, -0.2) is 41.6 Å². The van der Waals surface area contributed by atoms with Gasteiger partial charge in [0.25, 0.3) is 0 Å². The average Bonchev–Trinajstić information content (AvgIpc) is 2.40. The molecular formula is C13H20N4O. The molecule has 1 aliphatic rings. The summed E-state index contributed by atoms with van der Waals surface area (Å²) in [6.07, 6.45) is 5.37. The number of pyridine rings is 1. The Bertz CT molecular complexity index is 374. The SMILES string of the molecule is CCN1CCC(NC(=O)Nc2cccnc2)CC1. The fourth-order valence-electron chi connectivity index (χ4n) is 2.18. The first-order chi connectivity index (χ1) is 8.78. The number of urea groups is 1. The Balaban J connectivity index is 1.75. The fourth-order valence-corrected chi connectivity index (χ4v) is 2.18. The lowest BCUT2D eigenvalue weighted by Gasteiger charge is -2.31. The Kier molecular flexibility index (Phi) is 4.52. The van der Waals surface area contributed by atoms with Gasteiger partial charge in [0.1, 0.15) is 0 Å². The molecule has 0 aliphatic carbocycles. The number of likely N-dealkylation sites (tertiary alicyclic amines) is 1. The second-order valence-electron chi connectivity index (χ2n) is 4.55. The van der Waals surface area contributed by atoms with Gasteiger partial charge < -0.3 is 15.5 Å². The summed E-state index contributed by atoms with van der Waals surface area (Å²) in [7, 11) is 0. The highest BCUT2D eigenvalue weighted by Gasteiger charge is 2.19. The first-order valence-electron chi connectivity index (χ1n) is 6.48. The number of carbonyl (C=O) groups excluding carboxylic acids is 1. The summed E-state index contributed by atoms with van der Waals surface area (Å²) in [6.45, 7) is 5.39. The van der Waals surface area contributed by atoms with Gasteiger partial charge in [0.15, 0.2) is 0 Å². The van der Waals surface area contributed by atoms with Gasteiger partial charge in [-0.05, 0) is 31.5 Å². The zero-order valence-corrected chi connectivity index (χ0v) is 10.7. The van der Waals surface area contributed by atoms with E-state index in [4.69, 9.17) is 0 Å². The van der Waals surface area contributed by atoms with Crippen LogP contribution in [0.4, 0.5) is 10.5 Å². The van der Waals surface area contributed by atoms with Crippen LogP contribution in [0.1, 0.15) is 19.8 Å². The molecule has 1 aliphatic heterocycles. The first kappa shape index (κ1) is 12.8. The molecule has 18 heavy (non-hydrogen) atoms. The number of piperidine rings is 1. The highest BCUT2D eigenvalue weighted by Crippen LogP contribution is 2.10. The van der Waals surface area contributed by atoms with Crippen molar-refractivity contribution in [2.24, 2.45) is 0 Å². The molecule has 98 valence electrons. The lowest BCUT2D eigenvalue weighted by molar-refractivity contribution is 0.203. The molecular weight excluding hydrogens is 228 g/mol. The molecule has 2 amide bonds. The molecule has 0 radical (unpaired) electrons. The number of hydrogen-bond donors (Lipinski definition) is 2. The third-order valence-electron chi connectivity index (χ3n) is 3.29. The Morgan fingerprint density at radius 2 is 2.28 bits per heavy atom. The van der Waals surface area contributed by atoms with Gasteiger partial charge in [0.2, 0.25) is 0 Å². The van der Waals surface area contributed by atoms with Crippen LogP contribution in [0.25, 0.3) is 0 Å². The first-order valence-corrected chi connectivity index (χ1v) is 6.48. The number of nitrogens with one attached hydrogen (secondary N) is 2. The molecule has 1 aromatic heterocycles. The maximum absolute atomic E-state index is 11.8. The lowest BCUT2D eigenvalue weighted by atomic mass is 10.1. The Morgan fingerprint density at radius 3 is 2.89 bits per heavy atom. The number of anilines is 1. The van der Waals surface area contributed by atoms with Crippen molar-refractivity contribution in [2.75, 3.05) is 25.0 Å². The van der Waals surface area contributed by atoms with E-state index in [9.17, 15) is 4.79 Å². The molecule has 0 saturated carbocycles. The minimum atomic E-state index is -0.141. The van der Waals surface area contributed by atoms with E-state index in [2.05, 4.69) is 27.4 Å². The van der Waals surface area contributed by atoms with Crippen molar-refractivity contribution in [3.8, 4) is 0 Å². The van der Waals surface area contributed by atoms with Gasteiger partial charge in [0.05, 0.1) is 11.9 Å². The molecule has 1 saturated heterocycles. The van der Waals surface area contributed by atoms with Gasteiger partial charge >= 0.3 is 6.03 Å². The maximum atomic E-state index is 11.8. The molecule has 5 nitrogen and oxygen atoms in total. The fraction of sp³-hybridized carbons (Fsp3) is 0.538. The van der Waals surface area contributed by atoms with Crippen LogP contribution in [0.5, 0.6) is 0 Å². The van der Waals surface area contributed by atoms with Crippen molar-refractivity contribution in [1.29, 1.82) is 0 Å². The summed E-state index contributed by atoms with van der Waals surface area (Å²) in [5, 5.41) is 5.80. The molecule has 0 aromatic carbocycles. The van der Waals surface area contributed by atoms with Gasteiger partial charge in [-0.1, -0.05) is 6.92 Å². The summed E-state index contributed by atoms with van der Waals surface area (Å²) in [5.41, 5.74) is 0.723. The second kappa shape index (κ2) is 6.35. The predicted octanol–water partition coefficient (Wildman–Crippen LogP) is 1.69. The van der Waals surface area contributed by atoms with Crippen LogP contribution < -0.4 is 10.6 Å². The van der Waals surface area contributed by atoms with Crippen LogP contribution in [0.3, 0.4) is 0 Å². The van der Waals surface area contributed by atoms with Gasteiger partial charge in [-0.3, -0.25) is 4.98 Å². The Labute approximate surface area is 108 Å². The lowest BCUT2D eigenvalue weighted by Crippen LogP contribution is -2.45. The summed E-state index contributed by atoms with van der Waals surface area (Å²) < 4.78 is 0. The number of nitrogens with zero attached hydrogens (tertiary/aromatic N) is 2. The third kappa shape index (κ3) is 3.70. The second-order valence-corrected chi connectivity index (χ2v) is 4.55. The van der Waals surface area contributed by atoms with Gasteiger partial charge in [-0.15, -0.1) is 0 Å². The van der Waals surface area contributed by atoms with Crippen molar-refractivity contribution in [3.05, 3.63) is 24.5 Å². The number of amides is 2.